The molecule has 118 valence electrons. The zero-order valence-electron chi connectivity index (χ0n) is 13.1. The molecule has 3 fully saturated rings. The number of rotatable bonds is 4. The molecule has 0 aromatic rings. The molecule has 1 N–H and O–H groups in total. The first kappa shape index (κ1) is 14.8. The third-order valence-electron chi connectivity index (χ3n) is 5.75. The van der Waals surface area contributed by atoms with Crippen LogP contribution in [0, 0.1) is 5.41 Å². The Labute approximate surface area is 126 Å². The molecule has 21 heavy (non-hydrogen) atoms. The molecule has 3 unspecified atom stereocenters. The molecule has 0 aromatic heterocycles. The van der Waals surface area contributed by atoms with Crippen molar-refractivity contribution in [1.82, 2.24) is 10.2 Å². The lowest BCUT2D eigenvalue weighted by Crippen LogP contribution is -2.65. The van der Waals surface area contributed by atoms with E-state index in [4.69, 9.17) is 4.74 Å². The molecule has 1 aliphatic heterocycles. The van der Waals surface area contributed by atoms with Crippen molar-refractivity contribution in [3.05, 3.63) is 0 Å². The predicted molar refractivity (Wildman–Crippen MR) is 78.7 cm³/mol. The van der Waals surface area contributed by atoms with Crippen LogP contribution in [0.1, 0.15) is 51.9 Å². The first-order valence-corrected chi connectivity index (χ1v) is 8.26. The fraction of sp³-hybridized carbons (Fsp3) is 0.875. The summed E-state index contributed by atoms with van der Waals surface area (Å²) in [7, 11) is 1.90. The van der Waals surface area contributed by atoms with E-state index in [-0.39, 0.29) is 29.3 Å². The minimum Gasteiger partial charge on any atom is -0.378 e. The van der Waals surface area contributed by atoms with Crippen LogP contribution in [0.15, 0.2) is 0 Å². The largest absolute Gasteiger partial charge is 0.378 e. The van der Waals surface area contributed by atoms with E-state index in [0.717, 1.165) is 25.9 Å². The first-order chi connectivity index (χ1) is 10.1. The number of carbonyl (C=O) groups is 2. The standard InChI is InChI=1S/C16H26N2O3/c1-3-21-13-10-12(16(13)8-4-5-9-16)18(2)15(20)11-6-7-14(19)17-11/h11-13H,3-10H2,1-2H3,(H,17,19). The van der Waals surface area contributed by atoms with Crippen molar-refractivity contribution in [2.24, 2.45) is 5.41 Å². The molecule has 0 radical (unpaired) electrons. The normalized spacial score (nSPS) is 33.8. The number of carbonyl (C=O) groups excluding carboxylic acids is 2. The number of ether oxygens (including phenoxy) is 1. The molecule has 3 atom stereocenters. The van der Waals surface area contributed by atoms with E-state index in [0.29, 0.717) is 18.9 Å². The van der Waals surface area contributed by atoms with E-state index >= 15 is 0 Å². The molecule has 5 nitrogen and oxygen atoms in total. The van der Waals surface area contributed by atoms with Gasteiger partial charge in [-0.3, -0.25) is 9.59 Å². The fourth-order valence-electron chi connectivity index (χ4n) is 4.59. The second-order valence-corrected chi connectivity index (χ2v) is 6.74. The minimum atomic E-state index is -0.313. The van der Waals surface area contributed by atoms with Gasteiger partial charge in [0.2, 0.25) is 11.8 Å². The second kappa shape index (κ2) is 5.59. The van der Waals surface area contributed by atoms with Crippen LogP contribution >= 0.6 is 0 Å². The molecule has 2 amide bonds. The summed E-state index contributed by atoms with van der Waals surface area (Å²) in [6, 6.07) is -0.0337. The Bertz CT molecular complexity index is 431. The lowest BCUT2D eigenvalue weighted by molar-refractivity contribution is -0.173. The molecule has 5 heteroatoms. The van der Waals surface area contributed by atoms with E-state index in [9.17, 15) is 9.59 Å². The fourth-order valence-corrected chi connectivity index (χ4v) is 4.59. The smallest absolute Gasteiger partial charge is 0.245 e. The monoisotopic (exact) mass is 294 g/mol. The van der Waals surface area contributed by atoms with E-state index in [1.165, 1.54) is 12.8 Å². The average molecular weight is 294 g/mol. The molecule has 1 heterocycles. The maximum absolute atomic E-state index is 12.6. The SMILES string of the molecule is CCOC1CC(N(C)C(=O)C2CCC(=O)N2)C12CCCC2. The van der Waals surface area contributed by atoms with Gasteiger partial charge in [-0.05, 0) is 32.6 Å². The van der Waals surface area contributed by atoms with Gasteiger partial charge in [0.25, 0.3) is 0 Å². The van der Waals surface area contributed by atoms with Crippen molar-refractivity contribution in [1.29, 1.82) is 0 Å². The lowest BCUT2D eigenvalue weighted by Gasteiger charge is -2.57. The summed E-state index contributed by atoms with van der Waals surface area (Å²) in [5, 5.41) is 2.79. The predicted octanol–water partition coefficient (Wildman–Crippen LogP) is 1.46. The number of hydrogen-bond acceptors (Lipinski definition) is 3. The summed E-state index contributed by atoms with van der Waals surface area (Å²) in [6.07, 6.45) is 7.16. The van der Waals surface area contributed by atoms with Crippen molar-refractivity contribution in [3.8, 4) is 0 Å². The molecule has 2 saturated carbocycles. The summed E-state index contributed by atoms with van der Waals surface area (Å²) in [6.45, 7) is 2.79. The number of amides is 2. The average Bonchev–Trinajstić information content (AvgIpc) is 3.11. The van der Waals surface area contributed by atoms with E-state index < -0.39 is 0 Å². The highest BCUT2D eigenvalue weighted by molar-refractivity contribution is 5.91. The highest BCUT2D eigenvalue weighted by atomic mass is 16.5. The number of nitrogens with one attached hydrogen (secondary N) is 1. The van der Waals surface area contributed by atoms with Gasteiger partial charge in [-0.25, -0.2) is 0 Å². The van der Waals surface area contributed by atoms with Crippen LogP contribution in [0.3, 0.4) is 0 Å². The quantitative estimate of drug-likeness (QED) is 0.854. The number of nitrogens with zero attached hydrogens (tertiary/aromatic N) is 1. The maximum Gasteiger partial charge on any atom is 0.245 e. The first-order valence-electron chi connectivity index (χ1n) is 8.26. The molecular weight excluding hydrogens is 268 g/mol. The maximum atomic E-state index is 12.6. The van der Waals surface area contributed by atoms with Gasteiger partial charge in [0.15, 0.2) is 0 Å². The summed E-state index contributed by atoms with van der Waals surface area (Å²) >= 11 is 0. The Morgan fingerprint density at radius 1 is 1.43 bits per heavy atom. The van der Waals surface area contributed by atoms with Crippen LogP contribution in [0.2, 0.25) is 0 Å². The molecule has 1 saturated heterocycles. The molecule has 3 aliphatic rings. The van der Waals surface area contributed by atoms with Crippen LogP contribution in [-0.4, -0.2) is 48.6 Å². The molecule has 1 spiro atoms. The van der Waals surface area contributed by atoms with Gasteiger partial charge in [0.1, 0.15) is 6.04 Å². The third-order valence-corrected chi connectivity index (χ3v) is 5.75. The van der Waals surface area contributed by atoms with Crippen LogP contribution in [-0.2, 0) is 14.3 Å². The Kier molecular flexibility index (Phi) is 3.95. The van der Waals surface area contributed by atoms with E-state index in [2.05, 4.69) is 5.32 Å². The zero-order valence-corrected chi connectivity index (χ0v) is 13.1. The topological polar surface area (TPSA) is 58.6 Å². The minimum absolute atomic E-state index is 0.00173. The number of likely N-dealkylation sites (N-methyl/N-ethyl adjacent to an activating group) is 1. The van der Waals surface area contributed by atoms with Crippen LogP contribution in [0.5, 0.6) is 0 Å². The Balaban J connectivity index is 1.68. The summed E-state index contributed by atoms with van der Waals surface area (Å²) < 4.78 is 5.91. The van der Waals surface area contributed by atoms with Crippen molar-refractivity contribution >= 4 is 11.8 Å². The summed E-state index contributed by atoms with van der Waals surface area (Å²) in [5.41, 5.74) is 0.170. The highest BCUT2D eigenvalue weighted by Gasteiger charge is 2.59. The molecule has 0 bridgehead atoms. The van der Waals surface area contributed by atoms with Crippen molar-refractivity contribution in [2.75, 3.05) is 13.7 Å². The molecule has 0 aromatic carbocycles. The van der Waals surface area contributed by atoms with Gasteiger partial charge in [-0.2, -0.15) is 0 Å². The zero-order chi connectivity index (χ0) is 15.0. The highest BCUT2D eigenvalue weighted by Crippen LogP contribution is 2.56. The Morgan fingerprint density at radius 2 is 2.14 bits per heavy atom. The van der Waals surface area contributed by atoms with E-state index in [1.807, 2.05) is 18.9 Å². The molecule has 2 aliphatic carbocycles. The second-order valence-electron chi connectivity index (χ2n) is 6.74. The van der Waals surface area contributed by atoms with Gasteiger partial charge in [0, 0.05) is 31.5 Å². The van der Waals surface area contributed by atoms with Crippen molar-refractivity contribution in [2.45, 2.75) is 70.1 Å². The number of hydrogen-bond donors (Lipinski definition) is 1. The summed E-state index contributed by atoms with van der Waals surface area (Å²) in [5.74, 6) is 0.0743. The van der Waals surface area contributed by atoms with E-state index in [1.54, 1.807) is 0 Å². The van der Waals surface area contributed by atoms with Gasteiger partial charge < -0.3 is 15.0 Å². The van der Waals surface area contributed by atoms with Gasteiger partial charge in [-0.1, -0.05) is 12.8 Å². The molecular formula is C16H26N2O3. The van der Waals surface area contributed by atoms with Crippen LogP contribution in [0.25, 0.3) is 0 Å². The van der Waals surface area contributed by atoms with Crippen LogP contribution < -0.4 is 5.32 Å². The molecule has 3 rings (SSSR count). The van der Waals surface area contributed by atoms with Crippen LogP contribution in [0.4, 0.5) is 0 Å². The van der Waals surface area contributed by atoms with Crippen molar-refractivity contribution in [3.63, 3.8) is 0 Å². The van der Waals surface area contributed by atoms with Gasteiger partial charge in [0.05, 0.1) is 6.10 Å². The Morgan fingerprint density at radius 3 is 2.71 bits per heavy atom. The Hall–Kier alpha value is -1.10. The summed E-state index contributed by atoms with van der Waals surface area (Å²) in [4.78, 5) is 25.8. The van der Waals surface area contributed by atoms with Gasteiger partial charge in [-0.15, -0.1) is 0 Å². The van der Waals surface area contributed by atoms with Crippen molar-refractivity contribution < 1.29 is 14.3 Å². The third kappa shape index (κ3) is 2.35. The van der Waals surface area contributed by atoms with Gasteiger partial charge >= 0.3 is 0 Å². The lowest BCUT2D eigenvalue weighted by atomic mass is 9.60.